The molecule has 0 N–H and O–H groups in total. The fourth-order valence-electron chi connectivity index (χ4n) is 2.43. The van der Waals surface area contributed by atoms with Gasteiger partial charge >= 0.3 is 0 Å². The first-order valence-corrected chi connectivity index (χ1v) is 7.83. The van der Waals surface area contributed by atoms with Gasteiger partial charge in [0, 0.05) is 26.8 Å². The minimum absolute atomic E-state index is 0.0486. The van der Waals surface area contributed by atoms with E-state index in [0.717, 1.165) is 16.5 Å². The van der Waals surface area contributed by atoms with Crippen molar-refractivity contribution in [2.45, 2.75) is 6.54 Å². The lowest BCUT2D eigenvalue weighted by atomic mass is 10.1. The van der Waals surface area contributed by atoms with Crippen molar-refractivity contribution >= 4 is 28.3 Å². The number of rotatable bonds is 4. The van der Waals surface area contributed by atoms with Crippen LogP contribution in [0.25, 0.3) is 10.8 Å². The Balaban J connectivity index is 1.79. The maximum Gasteiger partial charge on any atom is 0.280 e. The second kappa shape index (κ2) is 6.72. The zero-order valence-corrected chi connectivity index (χ0v) is 14.4. The molecule has 7 heteroatoms. The van der Waals surface area contributed by atoms with Gasteiger partial charge in [-0.3, -0.25) is 9.59 Å². The molecule has 3 aromatic rings. The molecule has 0 bridgehead atoms. The van der Waals surface area contributed by atoms with Gasteiger partial charge in [0.2, 0.25) is 5.91 Å². The van der Waals surface area contributed by atoms with Gasteiger partial charge in [-0.1, -0.05) is 35.5 Å². The molecule has 2 amide bonds. The van der Waals surface area contributed by atoms with Crippen molar-refractivity contribution in [1.82, 2.24) is 19.9 Å². The molecule has 0 saturated carbocycles. The van der Waals surface area contributed by atoms with Gasteiger partial charge < -0.3 is 9.80 Å². The molecular formula is C18H19N5O2. The van der Waals surface area contributed by atoms with Crippen LogP contribution >= 0.6 is 0 Å². The molecule has 1 heterocycles. The van der Waals surface area contributed by atoms with Crippen molar-refractivity contribution in [3.05, 3.63) is 54.4 Å². The molecular weight excluding hydrogens is 318 g/mol. The van der Waals surface area contributed by atoms with Crippen LogP contribution in [0.3, 0.4) is 0 Å². The first kappa shape index (κ1) is 16.6. The lowest BCUT2D eigenvalue weighted by Gasteiger charge is -2.16. The van der Waals surface area contributed by atoms with Gasteiger partial charge in [-0.25, -0.2) is 4.68 Å². The van der Waals surface area contributed by atoms with E-state index in [1.54, 1.807) is 21.1 Å². The van der Waals surface area contributed by atoms with Gasteiger partial charge in [0.05, 0.1) is 6.20 Å². The summed E-state index contributed by atoms with van der Waals surface area (Å²) in [5, 5.41) is 9.91. The highest BCUT2D eigenvalue weighted by Gasteiger charge is 2.18. The first-order chi connectivity index (χ1) is 12.0. The molecule has 0 spiro atoms. The van der Waals surface area contributed by atoms with Gasteiger partial charge in [-0.15, -0.1) is 5.10 Å². The van der Waals surface area contributed by atoms with Crippen molar-refractivity contribution in [1.29, 1.82) is 0 Å². The van der Waals surface area contributed by atoms with Crippen molar-refractivity contribution < 1.29 is 9.59 Å². The number of nitrogens with zero attached hydrogens (tertiary/aromatic N) is 5. The Kier molecular flexibility index (Phi) is 4.47. The molecule has 0 unspecified atom stereocenters. The summed E-state index contributed by atoms with van der Waals surface area (Å²) in [4.78, 5) is 27.3. The van der Waals surface area contributed by atoms with Crippen molar-refractivity contribution in [2.24, 2.45) is 0 Å². The van der Waals surface area contributed by atoms with Gasteiger partial charge in [0.25, 0.3) is 5.91 Å². The predicted octanol–water partition coefficient (Wildman–Crippen LogP) is 1.80. The van der Waals surface area contributed by atoms with E-state index in [9.17, 15) is 9.59 Å². The molecule has 7 nitrogen and oxygen atoms in total. The van der Waals surface area contributed by atoms with Crippen molar-refractivity contribution in [2.75, 3.05) is 26.0 Å². The van der Waals surface area contributed by atoms with Crippen LogP contribution in [-0.2, 0) is 11.3 Å². The highest BCUT2D eigenvalue weighted by atomic mass is 16.2. The van der Waals surface area contributed by atoms with E-state index in [-0.39, 0.29) is 24.1 Å². The SMILES string of the molecule is CN(C)C(=O)Cn1cc(C(=O)N(C)c2ccc3ccccc3c2)nn1. The predicted molar refractivity (Wildman–Crippen MR) is 95.4 cm³/mol. The molecule has 0 radical (unpaired) electrons. The van der Waals surface area contributed by atoms with Crippen LogP contribution in [-0.4, -0.2) is 52.9 Å². The Labute approximate surface area is 145 Å². The van der Waals surface area contributed by atoms with E-state index in [4.69, 9.17) is 0 Å². The van der Waals surface area contributed by atoms with E-state index >= 15 is 0 Å². The van der Waals surface area contributed by atoms with Crippen LogP contribution in [0.4, 0.5) is 5.69 Å². The maximum atomic E-state index is 12.6. The highest BCUT2D eigenvalue weighted by molar-refractivity contribution is 6.05. The Morgan fingerprint density at radius 3 is 2.48 bits per heavy atom. The van der Waals surface area contributed by atoms with E-state index in [1.165, 1.54) is 20.7 Å². The zero-order chi connectivity index (χ0) is 18.0. The normalized spacial score (nSPS) is 10.7. The number of anilines is 1. The Morgan fingerprint density at radius 2 is 1.76 bits per heavy atom. The van der Waals surface area contributed by atoms with E-state index < -0.39 is 0 Å². The second-order valence-corrected chi connectivity index (χ2v) is 5.99. The lowest BCUT2D eigenvalue weighted by molar-refractivity contribution is -0.129. The molecule has 3 rings (SSSR count). The summed E-state index contributed by atoms with van der Waals surface area (Å²) in [6, 6.07) is 13.8. The van der Waals surface area contributed by atoms with Crippen molar-refractivity contribution in [3.8, 4) is 0 Å². The number of likely N-dealkylation sites (N-methyl/N-ethyl adjacent to an activating group) is 1. The summed E-state index contributed by atoms with van der Waals surface area (Å²) < 4.78 is 1.36. The average Bonchev–Trinajstić information content (AvgIpc) is 3.08. The zero-order valence-electron chi connectivity index (χ0n) is 14.4. The van der Waals surface area contributed by atoms with Crippen LogP contribution in [0.5, 0.6) is 0 Å². The summed E-state index contributed by atoms with van der Waals surface area (Å²) in [7, 11) is 5.02. The van der Waals surface area contributed by atoms with Crippen LogP contribution in [0, 0.1) is 0 Å². The minimum atomic E-state index is -0.279. The van der Waals surface area contributed by atoms with E-state index in [1.807, 2.05) is 42.5 Å². The van der Waals surface area contributed by atoms with Gasteiger partial charge in [-0.2, -0.15) is 0 Å². The number of carbonyl (C=O) groups excluding carboxylic acids is 2. The average molecular weight is 337 g/mol. The Morgan fingerprint density at radius 1 is 1.04 bits per heavy atom. The number of benzene rings is 2. The molecule has 0 aliphatic heterocycles. The molecule has 0 fully saturated rings. The number of hydrogen-bond donors (Lipinski definition) is 0. The van der Waals surface area contributed by atoms with Crippen LogP contribution in [0.15, 0.2) is 48.7 Å². The molecule has 0 aliphatic carbocycles. The van der Waals surface area contributed by atoms with E-state index in [0.29, 0.717) is 0 Å². The smallest absolute Gasteiger partial charge is 0.280 e. The molecule has 25 heavy (non-hydrogen) atoms. The summed E-state index contributed by atoms with van der Waals surface area (Å²) in [6.07, 6.45) is 1.49. The van der Waals surface area contributed by atoms with Crippen LogP contribution in [0.1, 0.15) is 10.5 Å². The van der Waals surface area contributed by atoms with Gasteiger partial charge in [0.1, 0.15) is 6.54 Å². The molecule has 0 atom stereocenters. The summed E-state index contributed by atoms with van der Waals surface area (Å²) >= 11 is 0. The molecule has 1 aromatic heterocycles. The number of amides is 2. The molecule has 2 aromatic carbocycles. The van der Waals surface area contributed by atoms with E-state index in [2.05, 4.69) is 10.3 Å². The largest absolute Gasteiger partial charge is 0.347 e. The van der Waals surface area contributed by atoms with Crippen molar-refractivity contribution in [3.63, 3.8) is 0 Å². The Hall–Kier alpha value is -3.22. The summed E-state index contributed by atoms with van der Waals surface area (Å²) in [5.74, 6) is -0.398. The fraction of sp³-hybridized carbons (Fsp3) is 0.222. The second-order valence-electron chi connectivity index (χ2n) is 5.99. The van der Waals surface area contributed by atoms with Crippen LogP contribution in [0.2, 0.25) is 0 Å². The van der Waals surface area contributed by atoms with Gasteiger partial charge in [-0.05, 0) is 22.9 Å². The quantitative estimate of drug-likeness (QED) is 0.728. The maximum absolute atomic E-state index is 12.6. The number of carbonyl (C=O) groups is 2. The minimum Gasteiger partial charge on any atom is -0.347 e. The number of aromatic nitrogens is 3. The lowest BCUT2D eigenvalue weighted by Crippen LogP contribution is -2.27. The first-order valence-electron chi connectivity index (χ1n) is 7.83. The molecule has 128 valence electrons. The topological polar surface area (TPSA) is 71.3 Å². The third kappa shape index (κ3) is 3.50. The molecule has 0 aliphatic rings. The van der Waals surface area contributed by atoms with Gasteiger partial charge in [0.15, 0.2) is 5.69 Å². The third-order valence-corrected chi connectivity index (χ3v) is 3.98. The standard InChI is InChI=1S/C18H19N5O2/c1-21(2)17(24)12-23-11-16(19-20-23)18(25)22(3)15-9-8-13-6-4-5-7-14(13)10-15/h4-11H,12H2,1-3H3. The summed E-state index contributed by atoms with van der Waals surface area (Å²) in [6.45, 7) is 0.0486. The Bertz CT molecular complexity index is 932. The molecule has 0 saturated heterocycles. The highest BCUT2D eigenvalue weighted by Crippen LogP contribution is 2.22. The summed E-state index contributed by atoms with van der Waals surface area (Å²) in [5.41, 5.74) is 0.963. The van der Waals surface area contributed by atoms with Crippen LogP contribution < -0.4 is 4.90 Å². The fourth-order valence-corrected chi connectivity index (χ4v) is 2.43. The third-order valence-electron chi connectivity index (χ3n) is 3.98. The number of fused-ring (bicyclic) bond motifs is 1. The monoisotopic (exact) mass is 337 g/mol. The number of hydrogen-bond acceptors (Lipinski definition) is 4.